The fourth-order valence-corrected chi connectivity index (χ4v) is 1.58. The Morgan fingerprint density at radius 3 is 2.63 bits per heavy atom. The number of nitro benzene ring substituents is 1. The van der Waals surface area contributed by atoms with E-state index in [-0.39, 0.29) is 5.69 Å². The van der Waals surface area contributed by atoms with Gasteiger partial charge in [0.25, 0.3) is 5.69 Å². The number of nitrogens with zero attached hydrogens (tertiary/aromatic N) is 2. The molecule has 5 nitrogen and oxygen atoms in total. The molecule has 0 aromatic heterocycles. The molecule has 0 heterocycles. The van der Waals surface area contributed by atoms with Gasteiger partial charge < -0.3 is 4.74 Å². The Morgan fingerprint density at radius 2 is 1.95 bits per heavy atom. The predicted molar refractivity (Wildman–Crippen MR) is 69.1 cm³/mol. The number of hydrogen-bond acceptors (Lipinski definition) is 4. The molecule has 0 aliphatic rings. The van der Waals surface area contributed by atoms with Crippen LogP contribution in [0.5, 0.6) is 11.5 Å². The lowest BCUT2D eigenvalue weighted by Crippen LogP contribution is -1.93. The maximum Gasteiger partial charge on any atom is 0.273 e. The second kappa shape index (κ2) is 5.19. The number of aryl methyl sites for hydroxylation is 1. The Balaban J connectivity index is 2.41. The summed E-state index contributed by atoms with van der Waals surface area (Å²) in [4.78, 5) is 10.3. The molecule has 0 fully saturated rings. The molecule has 0 bridgehead atoms. The third-order valence-corrected chi connectivity index (χ3v) is 2.61. The SMILES string of the molecule is Cc1ccc([N+](=O)[O-])cc1Oc1ccccc1C#N. The van der Waals surface area contributed by atoms with Gasteiger partial charge in [0, 0.05) is 6.07 Å². The van der Waals surface area contributed by atoms with Gasteiger partial charge in [-0.3, -0.25) is 10.1 Å². The zero-order valence-electron chi connectivity index (χ0n) is 10.2. The Labute approximate surface area is 109 Å². The van der Waals surface area contributed by atoms with Crippen LogP contribution >= 0.6 is 0 Å². The smallest absolute Gasteiger partial charge is 0.273 e. The third-order valence-electron chi connectivity index (χ3n) is 2.61. The van der Waals surface area contributed by atoms with E-state index in [2.05, 4.69) is 0 Å². The quantitative estimate of drug-likeness (QED) is 0.619. The highest BCUT2D eigenvalue weighted by Gasteiger charge is 2.11. The fraction of sp³-hybridized carbons (Fsp3) is 0.0714. The van der Waals surface area contributed by atoms with Crippen molar-refractivity contribution in [2.75, 3.05) is 0 Å². The van der Waals surface area contributed by atoms with Crippen LogP contribution in [0.3, 0.4) is 0 Å². The standard InChI is InChI=1S/C14H10N2O3/c1-10-6-7-12(16(17)18)8-14(10)19-13-5-3-2-4-11(13)9-15/h2-8H,1H3. The Morgan fingerprint density at radius 1 is 1.21 bits per heavy atom. The Bertz CT molecular complexity index is 675. The van der Waals surface area contributed by atoms with E-state index in [1.54, 1.807) is 37.3 Å². The van der Waals surface area contributed by atoms with E-state index in [1.165, 1.54) is 12.1 Å². The summed E-state index contributed by atoms with van der Waals surface area (Å²) in [7, 11) is 0. The minimum absolute atomic E-state index is 0.0463. The summed E-state index contributed by atoms with van der Waals surface area (Å²) < 4.78 is 5.60. The van der Waals surface area contributed by atoms with Crippen molar-refractivity contribution in [1.82, 2.24) is 0 Å². The molecule has 2 aromatic rings. The summed E-state index contributed by atoms with van der Waals surface area (Å²) in [5, 5.41) is 19.7. The second-order valence-corrected chi connectivity index (χ2v) is 3.92. The van der Waals surface area contributed by atoms with Gasteiger partial charge >= 0.3 is 0 Å². The molecule has 0 amide bonds. The van der Waals surface area contributed by atoms with Crippen molar-refractivity contribution in [3.8, 4) is 17.6 Å². The van der Waals surface area contributed by atoms with Crippen LogP contribution in [-0.4, -0.2) is 4.92 Å². The van der Waals surface area contributed by atoms with E-state index in [1.807, 2.05) is 6.07 Å². The van der Waals surface area contributed by atoms with Crippen LogP contribution in [0.4, 0.5) is 5.69 Å². The normalized spacial score (nSPS) is 9.68. The van der Waals surface area contributed by atoms with E-state index in [0.717, 1.165) is 5.56 Å². The summed E-state index contributed by atoms with van der Waals surface area (Å²) in [6, 6.07) is 13.1. The van der Waals surface area contributed by atoms with Crippen molar-refractivity contribution >= 4 is 5.69 Å². The van der Waals surface area contributed by atoms with Crippen LogP contribution in [-0.2, 0) is 0 Å². The largest absolute Gasteiger partial charge is 0.455 e. The number of nitriles is 1. The van der Waals surface area contributed by atoms with Crippen LogP contribution in [0.2, 0.25) is 0 Å². The lowest BCUT2D eigenvalue weighted by atomic mass is 10.2. The van der Waals surface area contributed by atoms with E-state index in [0.29, 0.717) is 17.1 Å². The molecular weight excluding hydrogens is 244 g/mol. The van der Waals surface area contributed by atoms with Gasteiger partial charge in [0.2, 0.25) is 0 Å². The second-order valence-electron chi connectivity index (χ2n) is 3.92. The van der Waals surface area contributed by atoms with E-state index < -0.39 is 4.92 Å². The highest BCUT2D eigenvalue weighted by atomic mass is 16.6. The maximum atomic E-state index is 10.7. The highest BCUT2D eigenvalue weighted by molar-refractivity contribution is 5.49. The molecule has 0 aliphatic heterocycles. The Hall–Kier alpha value is -2.87. The molecule has 2 aromatic carbocycles. The number of rotatable bonds is 3. The average Bonchev–Trinajstić information content (AvgIpc) is 2.41. The lowest BCUT2D eigenvalue weighted by molar-refractivity contribution is -0.384. The molecule has 0 radical (unpaired) electrons. The zero-order valence-corrected chi connectivity index (χ0v) is 10.2. The van der Waals surface area contributed by atoms with Crippen molar-refractivity contribution in [2.24, 2.45) is 0 Å². The molecule has 0 unspecified atom stereocenters. The zero-order chi connectivity index (χ0) is 13.8. The van der Waals surface area contributed by atoms with Crippen LogP contribution in [0, 0.1) is 28.4 Å². The van der Waals surface area contributed by atoms with Gasteiger partial charge in [-0.05, 0) is 30.7 Å². The van der Waals surface area contributed by atoms with Gasteiger partial charge in [-0.2, -0.15) is 5.26 Å². The highest BCUT2D eigenvalue weighted by Crippen LogP contribution is 2.30. The third kappa shape index (κ3) is 2.69. The molecule has 0 saturated heterocycles. The first-order valence-corrected chi connectivity index (χ1v) is 5.54. The molecule has 94 valence electrons. The molecule has 19 heavy (non-hydrogen) atoms. The van der Waals surface area contributed by atoms with Gasteiger partial charge in [0.05, 0.1) is 16.6 Å². The van der Waals surface area contributed by atoms with E-state index in [9.17, 15) is 10.1 Å². The number of non-ortho nitro benzene ring substituents is 1. The summed E-state index contributed by atoms with van der Waals surface area (Å²) in [5.41, 5.74) is 1.10. The van der Waals surface area contributed by atoms with Crippen molar-refractivity contribution in [2.45, 2.75) is 6.92 Å². The summed E-state index contributed by atoms with van der Waals surface area (Å²) in [6.07, 6.45) is 0. The van der Waals surface area contributed by atoms with Gasteiger partial charge in [-0.25, -0.2) is 0 Å². The van der Waals surface area contributed by atoms with E-state index >= 15 is 0 Å². The van der Waals surface area contributed by atoms with Crippen LogP contribution in [0.1, 0.15) is 11.1 Å². The number of ether oxygens (including phenoxy) is 1. The van der Waals surface area contributed by atoms with Crippen molar-refractivity contribution in [1.29, 1.82) is 5.26 Å². The van der Waals surface area contributed by atoms with Crippen LogP contribution < -0.4 is 4.74 Å². The lowest BCUT2D eigenvalue weighted by Gasteiger charge is -2.09. The molecular formula is C14H10N2O3. The summed E-state index contributed by atoms with van der Waals surface area (Å²) >= 11 is 0. The minimum Gasteiger partial charge on any atom is -0.455 e. The van der Waals surface area contributed by atoms with Gasteiger partial charge in [-0.1, -0.05) is 12.1 Å². The topological polar surface area (TPSA) is 76.2 Å². The molecule has 0 aliphatic carbocycles. The first-order chi connectivity index (χ1) is 9.11. The average molecular weight is 254 g/mol. The summed E-state index contributed by atoms with van der Waals surface area (Å²) in [6.45, 7) is 1.79. The van der Waals surface area contributed by atoms with Gasteiger partial charge in [0.15, 0.2) is 0 Å². The number of nitro groups is 1. The van der Waals surface area contributed by atoms with Gasteiger partial charge in [0.1, 0.15) is 17.6 Å². The molecule has 0 spiro atoms. The van der Waals surface area contributed by atoms with Gasteiger partial charge in [-0.15, -0.1) is 0 Å². The number of para-hydroxylation sites is 1. The molecule has 0 atom stereocenters. The predicted octanol–water partition coefficient (Wildman–Crippen LogP) is 3.57. The van der Waals surface area contributed by atoms with Crippen molar-refractivity contribution < 1.29 is 9.66 Å². The van der Waals surface area contributed by atoms with E-state index in [4.69, 9.17) is 10.00 Å². The monoisotopic (exact) mass is 254 g/mol. The molecule has 0 saturated carbocycles. The minimum atomic E-state index is -0.484. The number of hydrogen-bond donors (Lipinski definition) is 0. The molecule has 5 heteroatoms. The van der Waals surface area contributed by atoms with Crippen LogP contribution in [0.25, 0.3) is 0 Å². The summed E-state index contributed by atoms with van der Waals surface area (Å²) in [5.74, 6) is 0.755. The Kier molecular flexibility index (Phi) is 3.44. The van der Waals surface area contributed by atoms with Crippen LogP contribution in [0.15, 0.2) is 42.5 Å². The fourth-order valence-electron chi connectivity index (χ4n) is 1.58. The molecule has 2 rings (SSSR count). The van der Waals surface area contributed by atoms with Crippen molar-refractivity contribution in [3.63, 3.8) is 0 Å². The number of benzene rings is 2. The maximum absolute atomic E-state index is 10.7. The molecule has 0 N–H and O–H groups in total. The first-order valence-electron chi connectivity index (χ1n) is 5.54. The van der Waals surface area contributed by atoms with Crippen molar-refractivity contribution in [3.05, 3.63) is 63.7 Å². The first kappa shape index (κ1) is 12.6.